The van der Waals surface area contributed by atoms with Gasteiger partial charge in [0.05, 0.1) is 12.5 Å². The molecule has 12 heteroatoms. The second kappa shape index (κ2) is 6.11. The highest BCUT2D eigenvalue weighted by Crippen LogP contribution is 2.56. The molecular weight excluding hydrogens is 351 g/mol. The van der Waals surface area contributed by atoms with E-state index >= 15 is 0 Å². The van der Waals surface area contributed by atoms with Crippen LogP contribution in [-0.2, 0) is 14.3 Å². The third-order valence-corrected chi connectivity index (χ3v) is 3.18. The number of carbonyl (C=O) groups excluding carboxylic acids is 1. The highest BCUT2D eigenvalue weighted by Gasteiger charge is 2.83. The Hall–Kier alpha value is -1.04. The minimum absolute atomic E-state index is 0.260. The number of ketones is 1. The van der Waals surface area contributed by atoms with E-state index in [-0.39, 0.29) is 6.61 Å². The van der Waals surface area contributed by atoms with Gasteiger partial charge in [-0.15, -0.1) is 0 Å². The van der Waals surface area contributed by atoms with Crippen LogP contribution in [0.5, 0.6) is 0 Å². The van der Waals surface area contributed by atoms with Crippen LogP contribution in [0.3, 0.4) is 0 Å². The molecule has 3 nitrogen and oxygen atoms in total. The topological polar surface area (TPSA) is 35.5 Å². The zero-order valence-electron chi connectivity index (χ0n) is 11.4. The van der Waals surface area contributed by atoms with E-state index in [1.807, 2.05) is 0 Å². The summed E-state index contributed by atoms with van der Waals surface area (Å²) in [7, 11) is 0. The molecule has 0 radical (unpaired) electrons. The zero-order chi connectivity index (χ0) is 18.3. The van der Waals surface area contributed by atoms with Gasteiger partial charge >= 0.3 is 23.9 Å². The van der Waals surface area contributed by atoms with Gasteiger partial charge in [0.15, 0.2) is 5.78 Å². The predicted molar refractivity (Wildman–Crippen MR) is 55.4 cm³/mol. The Morgan fingerprint density at radius 3 is 2.00 bits per heavy atom. The fourth-order valence-corrected chi connectivity index (χ4v) is 1.93. The SMILES string of the molecule is CCO[C@@H]1OCC[C@@H](C(F)(F)C(F)(F)C(F)(F)C(F)(F)F)C1=O. The molecule has 0 aliphatic carbocycles. The molecule has 0 spiro atoms. The number of carbonyl (C=O) groups is 1. The summed E-state index contributed by atoms with van der Waals surface area (Å²) in [6.45, 7) is 0.291. The zero-order valence-corrected chi connectivity index (χ0v) is 11.4. The molecular formula is C11H11F9O3. The van der Waals surface area contributed by atoms with Gasteiger partial charge in [0.25, 0.3) is 0 Å². The number of ether oxygens (including phenoxy) is 2. The second-order valence-corrected chi connectivity index (χ2v) is 4.67. The van der Waals surface area contributed by atoms with Crippen LogP contribution in [0.1, 0.15) is 13.3 Å². The van der Waals surface area contributed by atoms with Crippen LogP contribution in [0.4, 0.5) is 39.5 Å². The van der Waals surface area contributed by atoms with E-state index < -0.39 is 55.0 Å². The Kier molecular flexibility index (Phi) is 5.32. The van der Waals surface area contributed by atoms with Crippen LogP contribution in [0.2, 0.25) is 0 Å². The van der Waals surface area contributed by atoms with Crippen molar-refractivity contribution in [2.24, 2.45) is 5.92 Å². The number of hydrogen-bond acceptors (Lipinski definition) is 3. The number of Topliss-reactive ketones (excluding diaryl/α,β-unsaturated/α-hetero) is 1. The molecule has 1 heterocycles. The summed E-state index contributed by atoms with van der Waals surface area (Å²) < 4.78 is 125. The Balaban J connectivity index is 3.20. The van der Waals surface area contributed by atoms with Crippen LogP contribution in [0.25, 0.3) is 0 Å². The molecule has 23 heavy (non-hydrogen) atoms. The average Bonchev–Trinajstić information content (AvgIpc) is 2.39. The van der Waals surface area contributed by atoms with Crippen molar-refractivity contribution in [2.75, 3.05) is 13.2 Å². The first-order valence-electron chi connectivity index (χ1n) is 6.19. The summed E-state index contributed by atoms with van der Waals surface area (Å²) in [6.07, 6.45) is -10.1. The van der Waals surface area contributed by atoms with E-state index in [0.29, 0.717) is 0 Å². The van der Waals surface area contributed by atoms with E-state index in [1.54, 1.807) is 0 Å². The molecule has 136 valence electrons. The third kappa shape index (κ3) is 3.14. The van der Waals surface area contributed by atoms with Crippen molar-refractivity contribution in [1.29, 1.82) is 0 Å². The molecule has 1 rings (SSSR count). The van der Waals surface area contributed by atoms with Crippen LogP contribution >= 0.6 is 0 Å². The summed E-state index contributed by atoms with van der Waals surface area (Å²) in [5.74, 6) is -24.7. The summed E-state index contributed by atoms with van der Waals surface area (Å²) in [5.41, 5.74) is 0. The molecule has 0 unspecified atom stereocenters. The van der Waals surface area contributed by atoms with Gasteiger partial charge in [-0.1, -0.05) is 0 Å². The minimum atomic E-state index is -7.02. The predicted octanol–water partition coefficient (Wildman–Crippen LogP) is 3.42. The largest absolute Gasteiger partial charge is 0.460 e. The summed E-state index contributed by atoms with van der Waals surface area (Å²) >= 11 is 0. The maximum atomic E-state index is 13.7. The Morgan fingerprint density at radius 1 is 1.04 bits per heavy atom. The lowest BCUT2D eigenvalue weighted by atomic mass is 9.85. The molecule has 1 fully saturated rings. The lowest BCUT2D eigenvalue weighted by Gasteiger charge is -2.39. The first-order valence-corrected chi connectivity index (χ1v) is 6.19. The lowest BCUT2D eigenvalue weighted by Crippen LogP contribution is -2.65. The maximum absolute atomic E-state index is 13.7. The lowest BCUT2D eigenvalue weighted by molar-refractivity contribution is -0.402. The summed E-state index contributed by atoms with van der Waals surface area (Å²) in [4.78, 5) is 11.6. The molecule has 0 saturated carbocycles. The van der Waals surface area contributed by atoms with Crippen molar-refractivity contribution in [3.63, 3.8) is 0 Å². The van der Waals surface area contributed by atoms with E-state index in [1.165, 1.54) is 6.92 Å². The molecule has 0 aromatic heterocycles. The Bertz CT molecular complexity index is 445. The van der Waals surface area contributed by atoms with Crippen molar-refractivity contribution in [3.05, 3.63) is 0 Å². The van der Waals surface area contributed by atoms with Crippen LogP contribution < -0.4 is 0 Å². The van der Waals surface area contributed by atoms with Gasteiger partial charge in [-0.25, -0.2) is 0 Å². The summed E-state index contributed by atoms with van der Waals surface area (Å²) in [5, 5.41) is 0. The quantitative estimate of drug-likeness (QED) is 0.703. The van der Waals surface area contributed by atoms with Gasteiger partial charge in [0, 0.05) is 6.61 Å². The molecule has 0 bridgehead atoms. The number of halogens is 9. The van der Waals surface area contributed by atoms with Gasteiger partial charge in [0.2, 0.25) is 6.29 Å². The fourth-order valence-electron chi connectivity index (χ4n) is 1.93. The van der Waals surface area contributed by atoms with Crippen molar-refractivity contribution in [1.82, 2.24) is 0 Å². The highest BCUT2D eigenvalue weighted by molar-refractivity contribution is 5.86. The van der Waals surface area contributed by atoms with E-state index in [0.717, 1.165) is 0 Å². The number of hydrogen-bond donors (Lipinski definition) is 0. The molecule has 1 aliphatic heterocycles. The van der Waals surface area contributed by atoms with Gasteiger partial charge in [-0.05, 0) is 13.3 Å². The minimum Gasteiger partial charge on any atom is -0.346 e. The van der Waals surface area contributed by atoms with Crippen molar-refractivity contribution in [3.8, 4) is 0 Å². The maximum Gasteiger partial charge on any atom is 0.460 e. The first kappa shape index (κ1) is 20.0. The normalized spacial score (nSPS) is 24.9. The number of rotatable bonds is 5. The number of alkyl halides is 9. The van der Waals surface area contributed by atoms with Gasteiger partial charge in [0.1, 0.15) is 0 Å². The molecule has 1 saturated heterocycles. The molecule has 0 aromatic carbocycles. The standard InChI is InChI=1S/C11H11F9O3/c1-2-22-7-6(21)5(3-4-23-7)8(12,13)9(14,15)10(16,17)11(18,19)20/h5,7H,2-4H2,1H3/t5-,7-/m1/s1. The van der Waals surface area contributed by atoms with Crippen LogP contribution in [-0.4, -0.2) is 49.2 Å². The van der Waals surface area contributed by atoms with Crippen molar-refractivity contribution in [2.45, 2.75) is 43.6 Å². The van der Waals surface area contributed by atoms with E-state index in [2.05, 4.69) is 9.47 Å². The molecule has 0 aromatic rings. The van der Waals surface area contributed by atoms with Crippen molar-refractivity contribution < 1.29 is 53.8 Å². The Morgan fingerprint density at radius 2 is 1.57 bits per heavy atom. The second-order valence-electron chi connectivity index (χ2n) is 4.67. The highest BCUT2D eigenvalue weighted by atomic mass is 19.4. The van der Waals surface area contributed by atoms with Crippen LogP contribution in [0, 0.1) is 5.92 Å². The van der Waals surface area contributed by atoms with Crippen molar-refractivity contribution >= 4 is 5.78 Å². The van der Waals surface area contributed by atoms with E-state index in [4.69, 9.17) is 0 Å². The fraction of sp³-hybridized carbons (Fsp3) is 0.909. The molecule has 0 amide bonds. The van der Waals surface area contributed by atoms with Gasteiger partial charge in [-0.2, -0.15) is 39.5 Å². The van der Waals surface area contributed by atoms with Gasteiger partial charge in [-0.3, -0.25) is 4.79 Å². The average molecular weight is 362 g/mol. The smallest absolute Gasteiger partial charge is 0.346 e. The van der Waals surface area contributed by atoms with E-state index in [9.17, 15) is 44.3 Å². The monoisotopic (exact) mass is 362 g/mol. The van der Waals surface area contributed by atoms with Gasteiger partial charge < -0.3 is 9.47 Å². The van der Waals surface area contributed by atoms with Crippen LogP contribution in [0.15, 0.2) is 0 Å². The molecule has 0 N–H and O–H groups in total. The molecule has 1 aliphatic rings. The summed E-state index contributed by atoms with van der Waals surface area (Å²) in [6, 6.07) is 0. The third-order valence-electron chi connectivity index (χ3n) is 3.18. The molecule has 2 atom stereocenters. The first-order chi connectivity index (χ1) is 10.2. The Labute approximate surface area is 123 Å².